The van der Waals surface area contributed by atoms with Crippen LogP contribution in [0.5, 0.6) is 0 Å². The van der Waals surface area contributed by atoms with Crippen LogP contribution in [-0.4, -0.2) is 13.6 Å². The Hall–Kier alpha value is -0.0400. The zero-order valence-electron chi connectivity index (χ0n) is 13.0. The fraction of sp³-hybridized carbons (Fsp3) is 1.00. The van der Waals surface area contributed by atoms with Crippen LogP contribution in [-0.2, 0) is 0 Å². The van der Waals surface area contributed by atoms with Gasteiger partial charge in [-0.15, -0.1) is 0 Å². The fourth-order valence-corrected chi connectivity index (χ4v) is 3.63. The van der Waals surface area contributed by atoms with Gasteiger partial charge in [0.15, 0.2) is 0 Å². The molecule has 0 aliphatic heterocycles. The molecule has 0 bridgehead atoms. The lowest BCUT2D eigenvalue weighted by Gasteiger charge is -2.35. The first-order chi connectivity index (χ1) is 8.77. The molecular weight excluding hydrogens is 218 g/mol. The average molecular weight is 253 g/mol. The van der Waals surface area contributed by atoms with Crippen molar-refractivity contribution in [1.29, 1.82) is 0 Å². The molecule has 1 nitrogen and oxygen atoms in total. The second kappa shape index (κ2) is 9.83. The van der Waals surface area contributed by atoms with E-state index in [2.05, 4.69) is 26.2 Å². The summed E-state index contributed by atoms with van der Waals surface area (Å²) in [5, 5.41) is 3.40. The summed E-state index contributed by atoms with van der Waals surface area (Å²) in [6.07, 6.45) is 14.6. The van der Waals surface area contributed by atoms with E-state index in [4.69, 9.17) is 0 Å². The van der Waals surface area contributed by atoms with Crippen LogP contribution in [0.1, 0.15) is 78.1 Å². The van der Waals surface area contributed by atoms with Gasteiger partial charge in [-0.3, -0.25) is 0 Å². The highest BCUT2D eigenvalue weighted by molar-refractivity contribution is 4.79. The standard InChI is InChI=1S/C17H35N/c1-4-5-6-7-8-9-10-16-13-15(2)11-12-17(16)14-18-3/h15-18H,4-14H2,1-3H3. The van der Waals surface area contributed by atoms with E-state index in [0.717, 1.165) is 17.8 Å². The summed E-state index contributed by atoms with van der Waals surface area (Å²) in [5.41, 5.74) is 0. The van der Waals surface area contributed by atoms with Gasteiger partial charge >= 0.3 is 0 Å². The highest BCUT2D eigenvalue weighted by Crippen LogP contribution is 2.36. The Bertz CT molecular complexity index is 190. The van der Waals surface area contributed by atoms with Crippen molar-refractivity contribution in [3.63, 3.8) is 0 Å². The number of unbranched alkanes of at least 4 members (excludes halogenated alkanes) is 5. The number of hydrogen-bond acceptors (Lipinski definition) is 1. The lowest BCUT2D eigenvalue weighted by atomic mass is 9.72. The molecule has 0 aromatic carbocycles. The normalized spacial score (nSPS) is 28.5. The van der Waals surface area contributed by atoms with Crippen molar-refractivity contribution in [2.45, 2.75) is 78.1 Å². The van der Waals surface area contributed by atoms with Gasteiger partial charge in [-0.1, -0.05) is 65.2 Å². The third kappa shape index (κ3) is 6.22. The van der Waals surface area contributed by atoms with E-state index in [9.17, 15) is 0 Å². The van der Waals surface area contributed by atoms with Crippen LogP contribution >= 0.6 is 0 Å². The van der Waals surface area contributed by atoms with Gasteiger partial charge in [0, 0.05) is 0 Å². The Labute approximate surface area is 115 Å². The summed E-state index contributed by atoms with van der Waals surface area (Å²) >= 11 is 0. The monoisotopic (exact) mass is 253 g/mol. The maximum Gasteiger partial charge on any atom is -0.00209 e. The van der Waals surface area contributed by atoms with Gasteiger partial charge in [-0.2, -0.15) is 0 Å². The summed E-state index contributed by atoms with van der Waals surface area (Å²) in [4.78, 5) is 0. The SMILES string of the molecule is CCCCCCCCC1CC(C)CCC1CNC. The molecule has 0 amide bonds. The van der Waals surface area contributed by atoms with E-state index in [1.54, 1.807) is 0 Å². The zero-order chi connectivity index (χ0) is 13.2. The maximum absolute atomic E-state index is 3.40. The van der Waals surface area contributed by atoms with Crippen molar-refractivity contribution >= 4 is 0 Å². The molecule has 1 rings (SSSR count). The Kier molecular flexibility index (Phi) is 8.75. The molecule has 3 unspecified atom stereocenters. The molecule has 1 heteroatoms. The highest BCUT2D eigenvalue weighted by atomic mass is 14.8. The molecule has 108 valence electrons. The van der Waals surface area contributed by atoms with Crippen molar-refractivity contribution in [2.24, 2.45) is 17.8 Å². The van der Waals surface area contributed by atoms with Gasteiger partial charge in [0.1, 0.15) is 0 Å². The van der Waals surface area contributed by atoms with Crippen LogP contribution in [0, 0.1) is 17.8 Å². The van der Waals surface area contributed by atoms with Gasteiger partial charge in [0.05, 0.1) is 0 Å². The number of nitrogens with one attached hydrogen (secondary N) is 1. The van der Waals surface area contributed by atoms with E-state index in [1.165, 1.54) is 70.8 Å². The number of hydrogen-bond donors (Lipinski definition) is 1. The molecule has 0 radical (unpaired) electrons. The van der Waals surface area contributed by atoms with Gasteiger partial charge in [-0.25, -0.2) is 0 Å². The predicted molar refractivity (Wildman–Crippen MR) is 81.9 cm³/mol. The van der Waals surface area contributed by atoms with Gasteiger partial charge < -0.3 is 5.32 Å². The van der Waals surface area contributed by atoms with Crippen molar-refractivity contribution in [1.82, 2.24) is 5.32 Å². The lowest BCUT2D eigenvalue weighted by Crippen LogP contribution is -2.31. The average Bonchev–Trinajstić information content (AvgIpc) is 2.37. The van der Waals surface area contributed by atoms with Crippen molar-refractivity contribution < 1.29 is 0 Å². The van der Waals surface area contributed by atoms with Crippen molar-refractivity contribution in [2.75, 3.05) is 13.6 Å². The van der Waals surface area contributed by atoms with Crippen LogP contribution in [0.4, 0.5) is 0 Å². The third-order valence-electron chi connectivity index (χ3n) is 4.80. The summed E-state index contributed by atoms with van der Waals surface area (Å²) in [5.74, 6) is 2.94. The molecule has 1 saturated carbocycles. The van der Waals surface area contributed by atoms with Crippen LogP contribution in [0.2, 0.25) is 0 Å². The molecule has 0 aromatic rings. The first-order valence-electron chi connectivity index (χ1n) is 8.42. The molecular formula is C17H35N. The fourth-order valence-electron chi connectivity index (χ4n) is 3.63. The van der Waals surface area contributed by atoms with Gasteiger partial charge in [0.25, 0.3) is 0 Å². The zero-order valence-corrected chi connectivity index (χ0v) is 13.0. The van der Waals surface area contributed by atoms with Crippen LogP contribution in [0.25, 0.3) is 0 Å². The van der Waals surface area contributed by atoms with Crippen LogP contribution in [0.3, 0.4) is 0 Å². The predicted octanol–water partition coefficient (Wildman–Crippen LogP) is 5.01. The molecule has 0 heterocycles. The maximum atomic E-state index is 3.40. The minimum Gasteiger partial charge on any atom is -0.319 e. The molecule has 0 spiro atoms. The Morgan fingerprint density at radius 2 is 1.67 bits per heavy atom. The topological polar surface area (TPSA) is 12.0 Å². The summed E-state index contributed by atoms with van der Waals surface area (Å²) < 4.78 is 0. The molecule has 1 aliphatic carbocycles. The van der Waals surface area contributed by atoms with Crippen LogP contribution in [0.15, 0.2) is 0 Å². The van der Waals surface area contributed by atoms with Gasteiger partial charge in [0.2, 0.25) is 0 Å². The van der Waals surface area contributed by atoms with E-state index < -0.39 is 0 Å². The molecule has 18 heavy (non-hydrogen) atoms. The minimum absolute atomic E-state index is 0.960. The van der Waals surface area contributed by atoms with Crippen molar-refractivity contribution in [3.05, 3.63) is 0 Å². The molecule has 1 fully saturated rings. The molecule has 0 saturated heterocycles. The molecule has 0 aromatic heterocycles. The Morgan fingerprint density at radius 3 is 2.39 bits per heavy atom. The molecule has 1 aliphatic rings. The second-order valence-corrected chi connectivity index (χ2v) is 6.55. The lowest BCUT2D eigenvalue weighted by molar-refractivity contribution is 0.173. The van der Waals surface area contributed by atoms with Gasteiger partial charge in [-0.05, 0) is 44.2 Å². The largest absolute Gasteiger partial charge is 0.319 e. The highest BCUT2D eigenvalue weighted by Gasteiger charge is 2.27. The number of rotatable bonds is 9. The summed E-state index contributed by atoms with van der Waals surface area (Å²) in [6.45, 7) is 5.99. The van der Waals surface area contributed by atoms with Crippen molar-refractivity contribution in [3.8, 4) is 0 Å². The smallest absolute Gasteiger partial charge is 0.00209 e. The second-order valence-electron chi connectivity index (χ2n) is 6.55. The first-order valence-corrected chi connectivity index (χ1v) is 8.42. The van der Waals surface area contributed by atoms with E-state index >= 15 is 0 Å². The van der Waals surface area contributed by atoms with E-state index in [1.807, 2.05) is 0 Å². The Balaban J connectivity index is 2.15. The third-order valence-corrected chi connectivity index (χ3v) is 4.80. The molecule has 3 atom stereocenters. The van der Waals surface area contributed by atoms with E-state index in [-0.39, 0.29) is 0 Å². The van der Waals surface area contributed by atoms with E-state index in [0.29, 0.717) is 0 Å². The molecule has 1 N–H and O–H groups in total. The quantitative estimate of drug-likeness (QED) is 0.570. The summed E-state index contributed by atoms with van der Waals surface area (Å²) in [7, 11) is 2.11. The van der Waals surface area contributed by atoms with Crippen LogP contribution < -0.4 is 5.32 Å². The Morgan fingerprint density at radius 1 is 0.944 bits per heavy atom. The first kappa shape index (κ1) is 16.0. The summed E-state index contributed by atoms with van der Waals surface area (Å²) in [6, 6.07) is 0. The minimum atomic E-state index is 0.960.